The molecule has 0 atom stereocenters. The van der Waals surface area contributed by atoms with Crippen molar-refractivity contribution in [2.75, 3.05) is 5.75 Å². The largest absolute Gasteiger partial charge is 0.459 e. The van der Waals surface area contributed by atoms with E-state index >= 15 is 0 Å². The second kappa shape index (κ2) is 6.12. The van der Waals surface area contributed by atoms with E-state index in [1.807, 2.05) is 20.8 Å². The summed E-state index contributed by atoms with van der Waals surface area (Å²) in [6.07, 6.45) is 0. The number of carbonyl (C=O) groups excluding carboxylic acids is 1. The molecule has 0 N–H and O–H groups in total. The molecule has 0 aliphatic rings. The zero-order valence-corrected chi connectivity index (χ0v) is 12.1. The van der Waals surface area contributed by atoms with Gasteiger partial charge in [-0.15, -0.1) is 11.8 Å². The molecule has 1 rings (SSSR count). The minimum Gasteiger partial charge on any atom is -0.459 e. The maximum atomic E-state index is 11.5. The summed E-state index contributed by atoms with van der Waals surface area (Å²) in [4.78, 5) is 12.3. The fourth-order valence-corrected chi connectivity index (χ4v) is 2.15. The molecule has 3 nitrogen and oxygen atoms in total. The highest BCUT2D eigenvalue weighted by Crippen LogP contribution is 2.25. The topological polar surface area (TPSA) is 50.1 Å². The zero-order chi connectivity index (χ0) is 13.8. The van der Waals surface area contributed by atoms with Crippen molar-refractivity contribution in [1.29, 1.82) is 5.26 Å². The number of nitriles is 1. The van der Waals surface area contributed by atoms with Gasteiger partial charge in [-0.2, -0.15) is 5.26 Å². The average Bonchev–Trinajstić information content (AvgIpc) is 2.24. The van der Waals surface area contributed by atoms with E-state index in [4.69, 9.17) is 21.6 Å². The van der Waals surface area contributed by atoms with Crippen molar-refractivity contribution in [2.24, 2.45) is 0 Å². The fraction of sp³-hybridized carbons (Fsp3) is 0.385. The van der Waals surface area contributed by atoms with Gasteiger partial charge in [0, 0.05) is 9.92 Å². The van der Waals surface area contributed by atoms with Crippen LogP contribution in [0.15, 0.2) is 23.1 Å². The van der Waals surface area contributed by atoms with Crippen molar-refractivity contribution in [1.82, 2.24) is 0 Å². The van der Waals surface area contributed by atoms with E-state index in [0.29, 0.717) is 10.6 Å². The number of hydrogen-bond donors (Lipinski definition) is 0. The molecule has 0 saturated carbocycles. The van der Waals surface area contributed by atoms with E-state index in [9.17, 15) is 4.79 Å². The predicted octanol–water partition coefficient (Wildman–Crippen LogP) is 3.65. The fourth-order valence-electron chi connectivity index (χ4n) is 1.22. The molecule has 0 amide bonds. The minimum absolute atomic E-state index is 0.174. The normalized spacial score (nSPS) is 10.8. The molecule has 0 aromatic heterocycles. The first-order chi connectivity index (χ1) is 8.31. The summed E-state index contributed by atoms with van der Waals surface area (Å²) in [7, 11) is 0. The number of nitrogens with zero attached hydrogens (tertiary/aromatic N) is 1. The Balaban J connectivity index is 2.65. The lowest BCUT2D eigenvalue weighted by Gasteiger charge is -2.19. The molecule has 18 heavy (non-hydrogen) atoms. The van der Waals surface area contributed by atoms with Gasteiger partial charge in [-0.25, -0.2) is 0 Å². The van der Waals surface area contributed by atoms with Gasteiger partial charge in [0.15, 0.2) is 0 Å². The van der Waals surface area contributed by atoms with Crippen LogP contribution in [0.4, 0.5) is 0 Å². The van der Waals surface area contributed by atoms with Crippen molar-refractivity contribution in [3.05, 3.63) is 28.8 Å². The molecule has 0 radical (unpaired) electrons. The Hall–Kier alpha value is -1.18. The molecule has 1 aromatic carbocycles. The number of esters is 1. The van der Waals surface area contributed by atoms with Crippen molar-refractivity contribution in [2.45, 2.75) is 31.3 Å². The SMILES string of the molecule is CC(C)(C)OC(=O)CSc1ccc(Cl)cc1C#N. The standard InChI is InChI=1S/C13H14ClNO2S/c1-13(2,3)17-12(16)8-18-11-5-4-10(14)6-9(11)7-15/h4-6H,8H2,1-3H3. The lowest BCUT2D eigenvalue weighted by atomic mass is 10.2. The van der Waals surface area contributed by atoms with Crippen LogP contribution in [0.5, 0.6) is 0 Å². The van der Waals surface area contributed by atoms with Gasteiger partial charge < -0.3 is 4.74 Å². The van der Waals surface area contributed by atoms with E-state index in [-0.39, 0.29) is 11.7 Å². The maximum absolute atomic E-state index is 11.5. The third-order valence-corrected chi connectivity index (χ3v) is 3.11. The van der Waals surface area contributed by atoms with Crippen LogP contribution >= 0.6 is 23.4 Å². The van der Waals surface area contributed by atoms with E-state index < -0.39 is 5.60 Å². The van der Waals surface area contributed by atoms with Gasteiger partial charge in [-0.1, -0.05) is 11.6 Å². The predicted molar refractivity (Wildman–Crippen MR) is 72.7 cm³/mol. The summed E-state index contributed by atoms with van der Waals surface area (Å²) in [6, 6.07) is 7.06. The molecular formula is C13H14ClNO2S. The molecule has 1 aromatic rings. The van der Waals surface area contributed by atoms with Crippen LogP contribution in [0.2, 0.25) is 5.02 Å². The molecule has 0 saturated heterocycles. The van der Waals surface area contributed by atoms with Crippen LogP contribution in [-0.4, -0.2) is 17.3 Å². The Bertz CT molecular complexity index is 489. The molecule has 0 unspecified atom stereocenters. The Morgan fingerprint density at radius 1 is 1.50 bits per heavy atom. The van der Waals surface area contributed by atoms with E-state index in [0.717, 1.165) is 4.90 Å². The summed E-state index contributed by atoms with van der Waals surface area (Å²) >= 11 is 7.07. The summed E-state index contributed by atoms with van der Waals surface area (Å²) in [5, 5.41) is 9.46. The Morgan fingerprint density at radius 3 is 2.72 bits per heavy atom. The number of ether oxygens (including phenoxy) is 1. The van der Waals surface area contributed by atoms with E-state index in [2.05, 4.69) is 6.07 Å². The number of benzene rings is 1. The maximum Gasteiger partial charge on any atom is 0.316 e. The molecule has 0 fully saturated rings. The van der Waals surface area contributed by atoms with Gasteiger partial charge in [0.05, 0.1) is 11.3 Å². The van der Waals surface area contributed by atoms with Crippen LogP contribution in [0.25, 0.3) is 0 Å². The van der Waals surface area contributed by atoms with Crippen molar-refractivity contribution < 1.29 is 9.53 Å². The number of carbonyl (C=O) groups is 1. The highest BCUT2D eigenvalue weighted by molar-refractivity contribution is 8.00. The van der Waals surface area contributed by atoms with Gasteiger partial charge in [0.25, 0.3) is 0 Å². The molecule has 0 aliphatic carbocycles. The molecule has 96 valence electrons. The van der Waals surface area contributed by atoms with Crippen LogP contribution < -0.4 is 0 Å². The van der Waals surface area contributed by atoms with Crippen molar-refractivity contribution >= 4 is 29.3 Å². The first kappa shape index (κ1) is 14.9. The highest BCUT2D eigenvalue weighted by Gasteiger charge is 2.16. The smallest absolute Gasteiger partial charge is 0.316 e. The first-order valence-corrected chi connectivity index (χ1v) is 6.72. The zero-order valence-electron chi connectivity index (χ0n) is 10.5. The van der Waals surface area contributed by atoms with Gasteiger partial charge >= 0.3 is 5.97 Å². The van der Waals surface area contributed by atoms with Gasteiger partial charge in [0.2, 0.25) is 0 Å². The number of halogens is 1. The Morgan fingerprint density at radius 2 is 2.17 bits per heavy atom. The second-order valence-electron chi connectivity index (χ2n) is 4.63. The summed E-state index contributed by atoms with van der Waals surface area (Å²) in [5.74, 6) is -0.125. The van der Waals surface area contributed by atoms with Crippen LogP contribution in [0.1, 0.15) is 26.3 Å². The Labute approximate surface area is 116 Å². The summed E-state index contributed by atoms with van der Waals surface area (Å²) in [6.45, 7) is 5.45. The van der Waals surface area contributed by atoms with E-state index in [1.165, 1.54) is 11.8 Å². The van der Waals surface area contributed by atoms with Crippen LogP contribution in [0.3, 0.4) is 0 Å². The van der Waals surface area contributed by atoms with Crippen LogP contribution in [-0.2, 0) is 9.53 Å². The summed E-state index contributed by atoms with van der Waals surface area (Å²) in [5.41, 5.74) is -0.0218. The molecule has 0 aliphatic heterocycles. The molecular weight excluding hydrogens is 270 g/mol. The minimum atomic E-state index is -0.490. The second-order valence-corrected chi connectivity index (χ2v) is 6.08. The number of hydrogen-bond acceptors (Lipinski definition) is 4. The molecule has 0 bridgehead atoms. The number of thioether (sulfide) groups is 1. The third-order valence-electron chi connectivity index (χ3n) is 1.83. The quantitative estimate of drug-likeness (QED) is 0.628. The lowest BCUT2D eigenvalue weighted by Crippen LogP contribution is -2.24. The molecule has 0 heterocycles. The van der Waals surface area contributed by atoms with Gasteiger partial charge in [-0.05, 0) is 39.0 Å². The van der Waals surface area contributed by atoms with Gasteiger partial charge in [-0.3, -0.25) is 4.79 Å². The van der Waals surface area contributed by atoms with Gasteiger partial charge in [0.1, 0.15) is 11.7 Å². The van der Waals surface area contributed by atoms with Crippen LogP contribution in [0, 0.1) is 11.3 Å². The monoisotopic (exact) mass is 283 g/mol. The Kier molecular flexibility index (Phi) is 5.06. The van der Waals surface area contributed by atoms with Crippen molar-refractivity contribution in [3.63, 3.8) is 0 Å². The molecule has 0 spiro atoms. The highest BCUT2D eigenvalue weighted by atomic mass is 35.5. The van der Waals surface area contributed by atoms with E-state index in [1.54, 1.807) is 18.2 Å². The third kappa shape index (κ3) is 4.99. The number of rotatable bonds is 3. The lowest BCUT2D eigenvalue weighted by molar-refractivity contribution is -0.151. The molecule has 5 heteroatoms. The average molecular weight is 284 g/mol. The van der Waals surface area contributed by atoms with Crippen molar-refractivity contribution in [3.8, 4) is 6.07 Å². The summed E-state index contributed by atoms with van der Waals surface area (Å²) < 4.78 is 5.19. The first-order valence-electron chi connectivity index (χ1n) is 5.36.